The Labute approximate surface area is 121 Å². The summed E-state index contributed by atoms with van der Waals surface area (Å²) in [5.74, 6) is 7.81. The van der Waals surface area contributed by atoms with E-state index in [1.807, 2.05) is 25.1 Å². The molecular formula is C14H15N3O2S. The number of aryl methyl sites for hydroxylation is 1. The molecule has 1 aromatic heterocycles. The van der Waals surface area contributed by atoms with E-state index in [1.165, 1.54) is 11.8 Å². The number of aromatic amines is 1. The fourth-order valence-corrected chi connectivity index (χ4v) is 2.46. The molecule has 6 heteroatoms. The lowest BCUT2D eigenvalue weighted by Gasteiger charge is -2.07. The SMILES string of the molecule is COc1ccc(C#CCO)cc1CSc1n[nH]c(C)n1. The number of aliphatic hydroxyl groups is 1. The van der Waals surface area contributed by atoms with Crippen LogP contribution in [0.2, 0.25) is 0 Å². The zero-order valence-electron chi connectivity index (χ0n) is 11.3. The molecule has 0 saturated carbocycles. The molecule has 0 amide bonds. The molecule has 5 nitrogen and oxygen atoms in total. The molecule has 0 atom stereocenters. The summed E-state index contributed by atoms with van der Waals surface area (Å²) in [5, 5.41) is 16.3. The first-order valence-electron chi connectivity index (χ1n) is 6.01. The van der Waals surface area contributed by atoms with Crippen LogP contribution in [0, 0.1) is 18.8 Å². The third-order valence-electron chi connectivity index (χ3n) is 2.53. The van der Waals surface area contributed by atoms with Gasteiger partial charge in [0.1, 0.15) is 18.2 Å². The first-order chi connectivity index (χ1) is 9.72. The maximum atomic E-state index is 8.73. The number of benzene rings is 1. The molecule has 0 spiro atoms. The van der Waals surface area contributed by atoms with Crippen LogP contribution in [0.3, 0.4) is 0 Å². The minimum atomic E-state index is -0.146. The number of H-pyrrole nitrogens is 1. The molecular weight excluding hydrogens is 274 g/mol. The molecule has 0 fully saturated rings. The van der Waals surface area contributed by atoms with Gasteiger partial charge in [-0.1, -0.05) is 23.6 Å². The highest BCUT2D eigenvalue weighted by Gasteiger charge is 2.07. The van der Waals surface area contributed by atoms with Crippen molar-refractivity contribution in [2.45, 2.75) is 17.8 Å². The van der Waals surface area contributed by atoms with Gasteiger partial charge in [0.2, 0.25) is 5.16 Å². The van der Waals surface area contributed by atoms with Crippen molar-refractivity contribution >= 4 is 11.8 Å². The number of nitrogens with zero attached hydrogens (tertiary/aromatic N) is 2. The van der Waals surface area contributed by atoms with Crippen molar-refractivity contribution in [3.63, 3.8) is 0 Å². The smallest absolute Gasteiger partial charge is 0.208 e. The number of aromatic nitrogens is 3. The average molecular weight is 289 g/mol. The summed E-state index contributed by atoms with van der Waals surface area (Å²) >= 11 is 1.53. The highest BCUT2D eigenvalue weighted by Crippen LogP contribution is 2.27. The van der Waals surface area contributed by atoms with Gasteiger partial charge in [-0.3, -0.25) is 5.10 Å². The van der Waals surface area contributed by atoms with Gasteiger partial charge in [0, 0.05) is 16.9 Å². The summed E-state index contributed by atoms with van der Waals surface area (Å²) in [4.78, 5) is 4.25. The van der Waals surface area contributed by atoms with Crippen molar-refractivity contribution in [3.05, 3.63) is 35.2 Å². The fourth-order valence-electron chi connectivity index (χ4n) is 1.64. The quantitative estimate of drug-likeness (QED) is 0.663. The van der Waals surface area contributed by atoms with Gasteiger partial charge in [0.05, 0.1) is 7.11 Å². The highest BCUT2D eigenvalue weighted by molar-refractivity contribution is 7.98. The van der Waals surface area contributed by atoms with Crippen LogP contribution in [0.5, 0.6) is 5.75 Å². The van der Waals surface area contributed by atoms with Crippen LogP contribution in [-0.4, -0.2) is 34.0 Å². The largest absolute Gasteiger partial charge is 0.496 e. The molecule has 0 bridgehead atoms. The Morgan fingerprint density at radius 3 is 2.95 bits per heavy atom. The Balaban J connectivity index is 2.15. The normalized spacial score (nSPS) is 9.95. The van der Waals surface area contributed by atoms with Gasteiger partial charge < -0.3 is 9.84 Å². The molecule has 1 aromatic carbocycles. The van der Waals surface area contributed by atoms with Crippen LogP contribution < -0.4 is 4.74 Å². The molecule has 2 aromatic rings. The minimum absolute atomic E-state index is 0.146. The van der Waals surface area contributed by atoms with Crippen molar-refractivity contribution in [2.24, 2.45) is 0 Å². The van der Waals surface area contributed by atoms with Crippen LogP contribution >= 0.6 is 11.8 Å². The number of hydrogen-bond donors (Lipinski definition) is 2. The number of hydrogen-bond acceptors (Lipinski definition) is 5. The van der Waals surface area contributed by atoms with Crippen molar-refractivity contribution in [2.75, 3.05) is 13.7 Å². The summed E-state index contributed by atoms with van der Waals surface area (Å²) in [6, 6.07) is 5.70. The van der Waals surface area contributed by atoms with Crippen LogP contribution in [0.15, 0.2) is 23.4 Å². The van der Waals surface area contributed by atoms with Gasteiger partial charge in [-0.2, -0.15) is 0 Å². The topological polar surface area (TPSA) is 71.0 Å². The lowest BCUT2D eigenvalue weighted by molar-refractivity contribution is 0.350. The molecule has 104 valence electrons. The van der Waals surface area contributed by atoms with E-state index in [0.29, 0.717) is 10.9 Å². The minimum Gasteiger partial charge on any atom is -0.496 e. The Bertz CT molecular complexity index is 643. The van der Waals surface area contributed by atoms with Crippen molar-refractivity contribution in [1.29, 1.82) is 0 Å². The highest BCUT2D eigenvalue weighted by atomic mass is 32.2. The van der Waals surface area contributed by atoms with Crippen LogP contribution in [0.25, 0.3) is 0 Å². The summed E-state index contributed by atoms with van der Waals surface area (Å²) in [5.41, 5.74) is 1.87. The Morgan fingerprint density at radius 2 is 2.30 bits per heavy atom. The second-order valence-electron chi connectivity index (χ2n) is 3.98. The maximum absolute atomic E-state index is 8.73. The van der Waals surface area contributed by atoms with Crippen LogP contribution in [-0.2, 0) is 5.75 Å². The predicted molar refractivity (Wildman–Crippen MR) is 77.6 cm³/mol. The number of nitrogens with one attached hydrogen (secondary N) is 1. The zero-order valence-corrected chi connectivity index (χ0v) is 12.1. The van der Waals surface area contributed by atoms with E-state index >= 15 is 0 Å². The van der Waals surface area contributed by atoms with E-state index in [4.69, 9.17) is 9.84 Å². The lowest BCUT2D eigenvalue weighted by Crippen LogP contribution is -1.92. The first kappa shape index (κ1) is 14.4. The number of rotatable bonds is 4. The molecule has 1 heterocycles. The van der Waals surface area contributed by atoms with Crippen molar-refractivity contribution in [3.8, 4) is 17.6 Å². The van der Waals surface area contributed by atoms with Crippen LogP contribution in [0.4, 0.5) is 0 Å². The third-order valence-corrected chi connectivity index (χ3v) is 3.42. The second kappa shape index (κ2) is 6.98. The number of aliphatic hydroxyl groups excluding tert-OH is 1. The first-order valence-corrected chi connectivity index (χ1v) is 7.00. The van der Waals surface area contributed by atoms with Gasteiger partial charge in [0.15, 0.2) is 0 Å². The van der Waals surface area contributed by atoms with E-state index in [-0.39, 0.29) is 6.61 Å². The molecule has 0 saturated heterocycles. The second-order valence-corrected chi connectivity index (χ2v) is 4.92. The summed E-state index contributed by atoms with van der Waals surface area (Å²) in [6.07, 6.45) is 0. The van der Waals surface area contributed by atoms with Gasteiger partial charge >= 0.3 is 0 Å². The van der Waals surface area contributed by atoms with E-state index in [9.17, 15) is 0 Å². The van der Waals surface area contributed by atoms with E-state index in [0.717, 1.165) is 22.7 Å². The van der Waals surface area contributed by atoms with Gasteiger partial charge in [0.25, 0.3) is 0 Å². The number of methoxy groups -OCH3 is 1. The Hall–Kier alpha value is -1.97. The Morgan fingerprint density at radius 1 is 1.45 bits per heavy atom. The van der Waals surface area contributed by atoms with Crippen molar-refractivity contribution in [1.82, 2.24) is 15.2 Å². The molecule has 0 aliphatic rings. The third kappa shape index (κ3) is 3.76. The molecule has 2 N–H and O–H groups in total. The average Bonchev–Trinajstić information content (AvgIpc) is 2.88. The molecule has 0 aliphatic heterocycles. The fraction of sp³-hybridized carbons (Fsp3) is 0.286. The van der Waals surface area contributed by atoms with Crippen LogP contribution in [0.1, 0.15) is 17.0 Å². The van der Waals surface area contributed by atoms with Gasteiger partial charge in [-0.25, -0.2) is 4.98 Å². The summed E-state index contributed by atoms with van der Waals surface area (Å²) in [7, 11) is 1.64. The molecule has 0 unspecified atom stereocenters. The summed E-state index contributed by atoms with van der Waals surface area (Å²) < 4.78 is 5.34. The number of thioether (sulfide) groups is 1. The van der Waals surface area contributed by atoms with E-state index < -0.39 is 0 Å². The molecule has 2 rings (SSSR count). The zero-order chi connectivity index (χ0) is 14.4. The summed E-state index contributed by atoms with van der Waals surface area (Å²) in [6.45, 7) is 1.72. The Kier molecular flexibility index (Phi) is 5.04. The predicted octanol–water partition coefficient (Wildman–Crippen LogP) is 1.76. The van der Waals surface area contributed by atoms with E-state index in [1.54, 1.807) is 7.11 Å². The lowest BCUT2D eigenvalue weighted by atomic mass is 10.1. The number of ether oxygens (including phenoxy) is 1. The molecule has 0 aliphatic carbocycles. The molecule has 0 radical (unpaired) electrons. The van der Waals surface area contributed by atoms with Gasteiger partial charge in [-0.15, -0.1) is 5.10 Å². The van der Waals surface area contributed by atoms with E-state index in [2.05, 4.69) is 27.0 Å². The van der Waals surface area contributed by atoms with Crippen molar-refractivity contribution < 1.29 is 9.84 Å². The van der Waals surface area contributed by atoms with Gasteiger partial charge in [-0.05, 0) is 25.1 Å². The molecule has 20 heavy (non-hydrogen) atoms. The monoisotopic (exact) mass is 289 g/mol. The maximum Gasteiger partial charge on any atom is 0.208 e. The standard InChI is InChI=1S/C14H15N3O2S/c1-10-15-14(17-16-10)20-9-12-8-11(4-3-7-18)5-6-13(12)19-2/h5-6,8,18H,7,9H2,1-2H3,(H,15,16,17).